The number of anilines is 1. The first-order valence-corrected chi connectivity index (χ1v) is 7.37. The van der Waals surface area contributed by atoms with Gasteiger partial charge in [-0.1, -0.05) is 6.07 Å². The largest absolute Gasteiger partial charge is 0.382 e. The molecule has 4 heteroatoms. The number of hydrogen-bond donors (Lipinski definition) is 1. The fourth-order valence-corrected chi connectivity index (χ4v) is 3.11. The minimum absolute atomic E-state index is 0.711. The van der Waals surface area contributed by atoms with Crippen LogP contribution in [-0.2, 0) is 12.8 Å². The van der Waals surface area contributed by atoms with Gasteiger partial charge in [-0.15, -0.1) is 0 Å². The van der Waals surface area contributed by atoms with Crippen LogP contribution in [0.3, 0.4) is 0 Å². The Morgan fingerprint density at radius 3 is 2.89 bits per heavy atom. The number of aryl methyl sites for hydroxylation is 1. The Balaban J connectivity index is 2.20. The van der Waals surface area contributed by atoms with Gasteiger partial charge in [-0.2, -0.15) is 5.10 Å². The third kappa shape index (κ3) is 1.92. The number of nitrogens with zero attached hydrogens (tertiary/aromatic N) is 2. The molecule has 1 aromatic heterocycles. The molecule has 1 aromatic carbocycles. The van der Waals surface area contributed by atoms with Crippen LogP contribution in [0.4, 0.5) is 5.82 Å². The van der Waals surface area contributed by atoms with E-state index in [1.807, 2.05) is 0 Å². The first kappa shape index (κ1) is 12.0. The van der Waals surface area contributed by atoms with Crippen molar-refractivity contribution < 1.29 is 0 Å². The molecule has 0 unspecified atom stereocenters. The molecule has 0 atom stereocenters. The average molecular weight is 353 g/mol. The smallest absolute Gasteiger partial charge is 0.149 e. The van der Waals surface area contributed by atoms with E-state index in [1.54, 1.807) is 0 Å². The molecule has 1 heterocycles. The fraction of sp³-hybridized carbons (Fsp3) is 0.357. The molecule has 0 amide bonds. The molecule has 0 saturated heterocycles. The van der Waals surface area contributed by atoms with Crippen LogP contribution < -0.4 is 5.73 Å². The molecule has 3 nitrogen and oxygen atoms in total. The zero-order valence-electron chi connectivity index (χ0n) is 10.4. The molecule has 0 fully saturated rings. The number of halogens is 1. The number of nitrogens with two attached hydrogens (primary N) is 1. The summed E-state index contributed by atoms with van der Waals surface area (Å²) >= 11 is 2.34. The summed E-state index contributed by atoms with van der Waals surface area (Å²) in [7, 11) is 0. The van der Waals surface area contributed by atoms with Crippen molar-refractivity contribution in [2.24, 2.45) is 0 Å². The summed E-state index contributed by atoms with van der Waals surface area (Å²) < 4.78 is 3.29. The van der Waals surface area contributed by atoms with E-state index in [4.69, 9.17) is 5.73 Å². The van der Waals surface area contributed by atoms with E-state index in [-0.39, 0.29) is 0 Å². The van der Waals surface area contributed by atoms with Crippen molar-refractivity contribution in [3.63, 3.8) is 0 Å². The lowest BCUT2D eigenvalue weighted by Gasteiger charge is -2.15. The summed E-state index contributed by atoms with van der Waals surface area (Å²) in [5.74, 6) is 0.711. The van der Waals surface area contributed by atoms with Crippen molar-refractivity contribution in [3.05, 3.63) is 38.6 Å². The van der Waals surface area contributed by atoms with Gasteiger partial charge in [0.2, 0.25) is 0 Å². The molecular formula is C14H16IN3. The van der Waals surface area contributed by atoms with E-state index >= 15 is 0 Å². The molecule has 0 bridgehead atoms. The normalized spacial score (nSPS) is 14.6. The topological polar surface area (TPSA) is 43.8 Å². The van der Waals surface area contributed by atoms with Gasteiger partial charge >= 0.3 is 0 Å². The summed E-state index contributed by atoms with van der Waals surface area (Å²) in [5.41, 5.74) is 11.0. The summed E-state index contributed by atoms with van der Waals surface area (Å²) in [6, 6.07) is 6.44. The Kier molecular flexibility index (Phi) is 3.05. The van der Waals surface area contributed by atoms with Crippen LogP contribution in [0.2, 0.25) is 0 Å². The van der Waals surface area contributed by atoms with Crippen LogP contribution in [0.15, 0.2) is 18.2 Å². The lowest BCUT2D eigenvalue weighted by molar-refractivity contribution is 0.652. The molecule has 2 N–H and O–H groups in total. The van der Waals surface area contributed by atoms with Gasteiger partial charge in [0.05, 0.1) is 5.69 Å². The van der Waals surface area contributed by atoms with E-state index in [9.17, 15) is 0 Å². The molecular weight excluding hydrogens is 337 g/mol. The molecule has 1 aliphatic carbocycles. The highest BCUT2D eigenvalue weighted by atomic mass is 127. The van der Waals surface area contributed by atoms with Crippen LogP contribution in [0, 0.1) is 10.5 Å². The maximum atomic E-state index is 6.05. The Morgan fingerprint density at radius 2 is 2.06 bits per heavy atom. The zero-order chi connectivity index (χ0) is 12.7. The maximum absolute atomic E-state index is 6.05. The minimum Gasteiger partial charge on any atom is -0.382 e. The predicted octanol–water partition coefficient (Wildman–Crippen LogP) is 3.25. The molecule has 1 aliphatic rings. The maximum Gasteiger partial charge on any atom is 0.149 e. The highest BCUT2D eigenvalue weighted by molar-refractivity contribution is 14.1. The lowest BCUT2D eigenvalue weighted by atomic mass is 9.97. The highest BCUT2D eigenvalue weighted by Gasteiger charge is 2.20. The van der Waals surface area contributed by atoms with Crippen molar-refractivity contribution in [2.75, 3.05) is 5.73 Å². The Morgan fingerprint density at radius 1 is 1.28 bits per heavy atom. The van der Waals surface area contributed by atoms with Crippen LogP contribution in [0.1, 0.15) is 29.7 Å². The van der Waals surface area contributed by atoms with Crippen molar-refractivity contribution in [1.82, 2.24) is 9.78 Å². The number of hydrogen-bond acceptors (Lipinski definition) is 2. The summed E-state index contributed by atoms with van der Waals surface area (Å²) in [5, 5.41) is 4.56. The summed E-state index contributed by atoms with van der Waals surface area (Å²) in [6.45, 7) is 2.12. The number of nitrogen functional groups attached to an aromatic ring is 1. The van der Waals surface area contributed by atoms with Crippen LogP contribution in [0.5, 0.6) is 0 Å². The van der Waals surface area contributed by atoms with E-state index in [0.29, 0.717) is 5.82 Å². The second-order valence-corrected chi connectivity index (χ2v) is 6.11. The SMILES string of the molecule is Cc1ccc(I)cc1-n1nc(N)c2c1CCCC2. The van der Waals surface area contributed by atoms with Crippen LogP contribution in [-0.4, -0.2) is 9.78 Å². The van der Waals surface area contributed by atoms with Crippen molar-refractivity contribution >= 4 is 28.4 Å². The van der Waals surface area contributed by atoms with Crippen molar-refractivity contribution in [1.29, 1.82) is 0 Å². The molecule has 3 rings (SSSR count). The Bertz CT molecular complexity index is 601. The molecule has 0 aliphatic heterocycles. The molecule has 0 radical (unpaired) electrons. The number of rotatable bonds is 1. The van der Waals surface area contributed by atoms with Gasteiger partial charge in [-0.05, 0) is 72.9 Å². The van der Waals surface area contributed by atoms with Crippen molar-refractivity contribution in [3.8, 4) is 5.69 Å². The number of benzene rings is 1. The second kappa shape index (κ2) is 4.57. The zero-order valence-corrected chi connectivity index (χ0v) is 12.6. The van der Waals surface area contributed by atoms with E-state index in [2.05, 4.69) is 57.5 Å². The second-order valence-electron chi connectivity index (χ2n) is 4.86. The fourth-order valence-electron chi connectivity index (χ4n) is 2.64. The molecule has 18 heavy (non-hydrogen) atoms. The van der Waals surface area contributed by atoms with Crippen LogP contribution >= 0.6 is 22.6 Å². The first-order valence-electron chi connectivity index (χ1n) is 6.29. The molecule has 94 valence electrons. The number of fused-ring (bicyclic) bond motifs is 1. The predicted molar refractivity (Wildman–Crippen MR) is 82.1 cm³/mol. The quantitative estimate of drug-likeness (QED) is 0.800. The first-order chi connectivity index (χ1) is 8.66. The van der Waals surface area contributed by atoms with Gasteiger partial charge in [0.25, 0.3) is 0 Å². The van der Waals surface area contributed by atoms with Gasteiger partial charge < -0.3 is 5.73 Å². The third-order valence-corrected chi connectivity index (χ3v) is 4.28. The standard InChI is InChI=1S/C14H16IN3/c1-9-6-7-10(15)8-13(9)18-12-5-3-2-4-11(12)14(16)17-18/h6-8H,2-5H2,1H3,(H2,16,17). The van der Waals surface area contributed by atoms with Crippen molar-refractivity contribution in [2.45, 2.75) is 32.6 Å². The molecule has 0 spiro atoms. The molecule has 2 aromatic rings. The van der Waals surface area contributed by atoms with Gasteiger partial charge in [-0.25, -0.2) is 4.68 Å². The van der Waals surface area contributed by atoms with E-state index in [1.165, 1.54) is 33.2 Å². The van der Waals surface area contributed by atoms with E-state index < -0.39 is 0 Å². The van der Waals surface area contributed by atoms with Gasteiger partial charge in [0, 0.05) is 14.8 Å². The monoisotopic (exact) mass is 353 g/mol. The lowest BCUT2D eigenvalue weighted by Crippen LogP contribution is -2.09. The highest BCUT2D eigenvalue weighted by Crippen LogP contribution is 2.29. The van der Waals surface area contributed by atoms with Gasteiger partial charge in [0.15, 0.2) is 0 Å². The summed E-state index contributed by atoms with van der Waals surface area (Å²) in [6.07, 6.45) is 4.63. The molecule has 0 saturated carbocycles. The third-order valence-electron chi connectivity index (χ3n) is 3.61. The summed E-state index contributed by atoms with van der Waals surface area (Å²) in [4.78, 5) is 0. The number of aromatic nitrogens is 2. The van der Waals surface area contributed by atoms with Gasteiger partial charge in [-0.3, -0.25) is 0 Å². The van der Waals surface area contributed by atoms with E-state index in [0.717, 1.165) is 18.5 Å². The Hall–Kier alpha value is -1.04. The van der Waals surface area contributed by atoms with Gasteiger partial charge in [0.1, 0.15) is 5.82 Å². The average Bonchev–Trinajstić information content (AvgIpc) is 2.71. The minimum atomic E-state index is 0.711. The van der Waals surface area contributed by atoms with Crippen LogP contribution in [0.25, 0.3) is 5.69 Å². The Labute approximate surface area is 121 Å².